The Balaban J connectivity index is 1.76. The highest BCUT2D eigenvalue weighted by atomic mass is 15.2. The summed E-state index contributed by atoms with van der Waals surface area (Å²) in [6, 6.07) is 6.65. The van der Waals surface area contributed by atoms with Crippen LogP contribution >= 0.6 is 0 Å². The maximum atomic E-state index is 4.60. The van der Waals surface area contributed by atoms with Crippen molar-refractivity contribution in [3.8, 4) is 0 Å². The maximum absolute atomic E-state index is 4.60. The third-order valence-electron chi connectivity index (χ3n) is 3.71. The van der Waals surface area contributed by atoms with Crippen LogP contribution in [0.2, 0.25) is 0 Å². The van der Waals surface area contributed by atoms with E-state index in [0.29, 0.717) is 6.04 Å². The first-order chi connectivity index (χ1) is 9.22. The van der Waals surface area contributed by atoms with Gasteiger partial charge in [0.15, 0.2) is 0 Å². The summed E-state index contributed by atoms with van der Waals surface area (Å²) < 4.78 is 0. The second-order valence-electron chi connectivity index (χ2n) is 5.35. The first-order valence-corrected chi connectivity index (χ1v) is 6.90. The van der Waals surface area contributed by atoms with Gasteiger partial charge < -0.3 is 4.98 Å². The molecule has 3 rings (SSSR count). The molecule has 4 heteroatoms. The molecule has 0 aromatic carbocycles. The van der Waals surface area contributed by atoms with Crippen molar-refractivity contribution in [1.82, 2.24) is 19.9 Å². The summed E-state index contributed by atoms with van der Waals surface area (Å²) >= 11 is 0. The van der Waals surface area contributed by atoms with Crippen molar-refractivity contribution < 1.29 is 0 Å². The van der Waals surface area contributed by atoms with Gasteiger partial charge in [0, 0.05) is 24.1 Å². The van der Waals surface area contributed by atoms with Gasteiger partial charge in [-0.05, 0) is 45.4 Å². The van der Waals surface area contributed by atoms with Gasteiger partial charge >= 0.3 is 0 Å². The summed E-state index contributed by atoms with van der Waals surface area (Å²) in [5.74, 6) is 1.10. The van der Waals surface area contributed by atoms with Crippen LogP contribution in [0.3, 0.4) is 0 Å². The van der Waals surface area contributed by atoms with Crippen LogP contribution in [0, 0.1) is 13.8 Å². The second-order valence-corrected chi connectivity index (χ2v) is 5.35. The van der Waals surface area contributed by atoms with Crippen molar-refractivity contribution in [2.24, 2.45) is 0 Å². The minimum Gasteiger partial charge on any atom is -0.345 e. The van der Waals surface area contributed by atoms with Crippen LogP contribution < -0.4 is 0 Å². The molecule has 0 amide bonds. The Bertz CT molecular complexity index is 561. The summed E-state index contributed by atoms with van der Waals surface area (Å²) in [5, 5.41) is 0. The number of aromatic amines is 1. The fraction of sp³-hybridized carbons (Fsp3) is 0.467. The third kappa shape index (κ3) is 2.68. The normalized spacial score (nSPS) is 20.0. The molecule has 3 heterocycles. The number of imidazole rings is 1. The fourth-order valence-corrected chi connectivity index (χ4v) is 2.82. The molecule has 19 heavy (non-hydrogen) atoms. The Hall–Kier alpha value is -1.68. The number of hydrogen-bond acceptors (Lipinski definition) is 3. The van der Waals surface area contributed by atoms with E-state index in [2.05, 4.69) is 38.9 Å². The van der Waals surface area contributed by atoms with Gasteiger partial charge in [0.05, 0.1) is 11.7 Å². The molecular weight excluding hydrogens is 236 g/mol. The molecule has 1 saturated heterocycles. The summed E-state index contributed by atoms with van der Waals surface area (Å²) in [6.45, 7) is 6.13. The van der Waals surface area contributed by atoms with Crippen molar-refractivity contribution in [2.75, 3.05) is 6.54 Å². The summed E-state index contributed by atoms with van der Waals surface area (Å²) in [7, 11) is 0. The minimum atomic E-state index is 0.413. The zero-order chi connectivity index (χ0) is 13.2. The molecule has 0 saturated carbocycles. The number of aryl methyl sites for hydroxylation is 2. The van der Waals surface area contributed by atoms with E-state index in [1.165, 1.54) is 12.8 Å². The minimum absolute atomic E-state index is 0.413. The molecule has 0 radical (unpaired) electrons. The van der Waals surface area contributed by atoms with Crippen LogP contribution in [0.25, 0.3) is 0 Å². The molecule has 100 valence electrons. The number of pyridine rings is 1. The van der Waals surface area contributed by atoms with Gasteiger partial charge in [-0.3, -0.25) is 9.88 Å². The molecule has 0 bridgehead atoms. The highest BCUT2D eigenvalue weighted by Gasteiger charge is 2.28. The largest absolute Gasteiger partial charge is 0.345 e. The van der Waals surface area contributed by atoms with E-state index in [1.807, 2.05) is 19.2 Å². The monoisotopic (exact) mass is 256 g/mol. The molecular formula is C15H20N4. The molecule has 0 spiro atoms. The van der Waals surface area contributed by atoms with Gasteiger partial charge in [0.25, 0.3) is 0 Å². The molecule has 1 aliphatic heterocycles. The molecule has 4 nitrogen and oxygen atoms in total. The highest BCUT2D eigenvalue weighted by molar-refractivity contribution is 5.11. The van der Waals surface area contributed by atoms with Crippen molar-refractivity contribution in [1.29, 1.82) is 0 Å². The van der Waals surface area contributed by atoms with Crippen molar-refractivity contribution in [3.63, 3.8) is 0 Å². The van der Waals surface area contributed by atoms with Crippen LogP contribution in [-0.2, 0) is 6.54 Å². The van der Waals surface area contributed by atoms with Gasteiger partial charge in [0.2, 0.25) is 0 Å². The van der Waals surface area contributed by atoms with E-state index in [0.717, 1.165) is 36.0 Å². The van der Waals surface area contributed by atoms with E-state index in [9.17, 15) is 0 Å². The lowest BCUT2D eigenvalue weighted by molar-refractivity contribution is 0.238. The van der Waals surface area contributed by atoms with Crippen LogP contribution in [0.15, 0.2) is 24.4 Å². The van der Waals surface area contributed by atoms with E-state index in [1.54, 1.807) is 0 Å². The van der Waals surface area contributed by atoms with Gasteiger partial charge in [-0.1, -0.05) is 6.07 Å². The van der Waals surface area contributed by atoms with Crippen molar-refractivity contribution >= 4 is 0 Å². The lowest BCUT2D eigenvalue weighted by Gasteiger charge is -2.22. The molecule has 1 N–H and O–H groups in total. The summed E-state index contributed by atoms with van der Waals surface area (Å²) in [4.78, 5) is 14.9. The fourth-order valence-electron chi connectivity index (χ4n) is 2.82. The van der Waals surface area contributed by atoms with Crippen LogP contribution in [0.5, 0.6) is 0 Å². The highest BCUT2D eigenvalue weighted by Crippen LogP contribution is 2.31. The quantitative estimate of drug-likeness (QED) is 0.918. The summed E-state index contributed by atoms with van der Waals surface area (Å²) in [6.07, 6.45) is 4.33. The molecule has 1 fully saturated rings. The first-order valence-electron chi connectivity index (χ1n) is 6.90. The Morgan fingerprint density at radius 1 is 1.37 bits per heavy atom. The Labute approximate surface area is 113 Å². The van der Waals surface area contributed by atoms with Crippen molar-refractivity contribution in [2.45, 2.75) is 39.3 Å². The topological polar surface area (TPSA) is 44.8 Å². The Morgan fingerprint density at radius 2 is 2.26 bits per heavy atom. The van der Waals surface area contributed by atoms with Gasteiger partial charge in [0.1, 0.15) is 5.82 Å². The Morgan fingerprint density at radius 3 is 3.00 bits per heavy atom. The zero-order valence-electron chi connectivity index (χ0n) is 11.6. The SMILES string of the molecule is Cc1cccc(CN2CCC[C@@H]2c2ncc(C)[nH]2)n1. The Kier molecular flexibility index (Phi) is 3.34. The lowest BCUT2D eigenvalue weighted by Crippen LogP contribution is -2.24. The lowest BCUT2D eigenvalue weighted by atomic mass is 10.2. The van der Waals surface area contributed by atoms with Crippen LogP contribution in [0.1, 0.15) is 41.8 Å². The summed E-state index contributed by atoms with van der Waals surface area (Å²) in [5.41, 5.74) is 3.37. The van der Waals surface area contributed by atoms with E-state index in [4.69, 9.17) is 0 Å². The number of rotatable bonds is 3. The van der Waals surface area contributed by atoms with Crippen LogP contribution in [0.4, 0.5) is 0 Å². The van der Waals surface area contributed by atoms with E-state index < -0.39 is 0 Å². The molecule has 0 aliphatic carbocycles. The average molecular weight is 256 g/mol. The zero-order valence-corrected chi connectivity index (χ0v) is 11.6. The van der Waals surface area contributed by atoms with Crippen LogP contribution in [-0.4, -0.2) is 26.4 Å². The van der Waals surface area contributed by atoms with Gasteiger partial charge in [-0.2, -0.15) is 0 Å². The third-order valence-corrected chi connectivity index (χ3v) is 3.71. The number of hydrogen-bond donors (Lipinski definition) is 1. The standard InChI is InChI=1S/C15H20N4/c1-11-5-3-6-13(17-11)10-19-8-4-7-14(19)15-16-9-12(2)18-15/h3,5-6,9,14H,4,7-8,10H2,1-2H3,(H,16,18)/t14-/m1/s1. The maximum Gasteiger partial charge on any atom is 0.123 e. The predicted molar refractivity (Wildman–Crippen MR) is 74.7 cm³/mol. The van der Waals surface area contributed by atoms with Gasteiger partial charge in [-0.25, -0.2) is 4.98 Å². The average Bonchev–Trinajstić information content (AvgIpc) is 2.98. The number of nitrogens with one attached hydrogen (secondary N) is 1. The second kappa shape index (κ2) is 5.13. The first kappa shape index (κ1) is 12.4. The van der Waals surface area contributed by atoms with E-state index in [-0.39, 0.29) is 0 Å². The number of nitrogens with zero attached hydrogens (tertiary/aromatic N) is 3. The molecule has 2 aromatic heterocycles. The molecule has 1 aliphatic rings. The van der Waals surface area contributed by atoms with Crippen molar-refractivity contribution in [3.05, 3.63) is 47.3 Å². The number of aromatic nitrogens is 3. The predicted octanol–water partition coefficient (Wildman–Crippen LogP) is 2.76. The number of likely N-dealkylation sites (tertiary alicyclic amines) is 1. The molecule has 2 aromatic rings. The molecule has 0 unspecified atom stereocenters. The van der Waals surface area contributed by atoms with Gasteiger partial charge in [-0.15, -0.1) is 0 Å². The molecule has 1 atom stereocenters. The smallest absolute Gasteiger partial charge is 0.123 e. The van der Waals surface area contributed by atoms with E-state index >= 15 is 0 Å². The number of H-pyrrole nitrogens is 1.